The normalized spacial score (nSPS) is 24.5. The number of carbonyl (C=O) groups is 1. The molecule has 2 aliphatic carbocycles. The lowest BCUT2D eigenvalue weighted by molar-refractivity contribution is -0.118. The molecule has 1 aromatic heterocycles. The van der Waals surface area contributed by atoms with E-state index in [0.717, 1.165) is 33.1 Å². The Morgan fingerprint density at radius 3 is 3.23 bits per heavy atom. The van der Waals surface area contributed by atoms with Crippen molar-refractivity contribution in [3.63, 3.8) is 0 Å². The molecule has 2 atom stereocenters. The number of thiazole rings is 1. The highest BCUT2D eigenvalue weighted by Gasteiger charge is 2.37. The van der Waals surface area contributed by atoms with E-state index in [-0.39, 0.29) is 5.91 Å². The van der Waals surface area contributed by atoms with E-state index in [4.69, 9.17) is 0 Å². The molecule has 1 N–H and O–H groups in total. The number of para-hydroxylation sites is 1. The summed E-state index contributed by atoms with van der Waals surface area (Å²) in [6.07, 6.45) is 6.53. The Hall–Kier alpha value is -1.66. The predicted molar refractivity (Wildman–Crippen MR) is 91.3 cm³/mol. The van der Waals surface area contributed by atoms with Crippen molar-refractivity contribution >= 4 is 44.9 Å². The number of thioether (sulfide) groups is 1. The molecule has 0 unspecified atom stereocenters. The number of benzene rings is 1. The van der Waals surface area contributed by atoms with Crippen LogP contribution in [0.5, 0.6) is 0 Å². The van der Waals surface area contributed by atoms with Crippen molar-refractivity contribution in [1.29, 1.82) is 0 Å². The average Bonchev–Trinajstić information content (AvgIpc) is 3.09. The van der Waals surface area contributed by atoms with E-state index in [1.807, 2.05) is 24.3 Å². The van der Waals surface area contributed by atoms with Crippen molar-refractivity contribution in [1.82, 2.24) is 10.4 Å². The van der Waals surface area contributed by atoms with Gasteiger partial charge in [-0.25, -0.2) is 10.4 Å². The molecule has 0 saturated heterocycles. The number of hydrogen-bond donors (Lipinski definition) is 1. The fraction of sp³-hybridized carbons (Fsp3) is 0.312. The summed E-state index contributed by atoms with van der Waals surface area (Å²) >= 11 is 3.08. The number of allylic oxidation sites excluding steroid dienone is 2. The van der Waals surface area contributed by atoms with Gasteiger partial charge in [0.25, 0.3) is 5.91 Å². The Morgan fingerprint density at radius 1 is 1.45 bits per heavy atom. The molecule has 1 fully saturated rings. The summed E-state index contributed by atoms with van der Waals surface area (Å²) in [5.41, 5.74) is 4.80. The fourth-order valence-corrected chi connectivity index (χ4v) is 4.73. The van der Waals surface area contributed by atoms with Gasteiger partial charge < -0.3 is 0 Å². The lowest BCUT2D eigenvalue weighted by Crippen LogP contribution is -2.35. The molecule has 1 saturated carbocycles. The summed E-state index contributed by atoms with van der Waals surface area (Å²) in [6.45, 7) is 0. The number of carbonyl (C=O) groups excluding carboxylic acids is 1. The lowest BCUT2D eigenvalue weighted by atomic mass is 9.74. The van der Waals surface area contributed by atoms with Crippen LogP contribution >= 0.6 is 23.1 Å². The Bertz CT molecular complexity index is 748. The van der Waals surface area contributed by atoms with Gasteiger partial charge in [-0.15, -0.1) is 11.3 Å². The van der Waals surface area contributed by atoms with Gasteiger partial charge >= 0.3 is 0 Å². The van der Waals surface area contributed by atoms with E-state index in [9.17, 15) is 4.79 Å². The SMILES string of the molecule is O=C(CSc1nc2ccccc2s1)N/N=C1/C[C@H]2C=CC[C@@H]12. The highest BCUT2D eigenvalue weighted by atomic mass is 32.2. The minimum absolute atomic E-state index is 0.0637. The van der Waals surface area contributed by atoms with E-state index >= 15 is 0 Å². The van der Waals surface area contributed by atoms with Gasteiger partial charge in [-0.05, 0) is 30.9 Å². The second-order valence-electron chi connectivity index (χ2n) is 5.51. The molecule has 6 heteroatoms. The van der Waals surface area contributed by atoms with Crippen LogP contribution in [0.4, 0.5) is 0 Å². The first-order valence-electron chi connectivity index (χ1n) is 7.30. The Morgan fingerprint density at radius 2 is 2.36 bits per heavy atom. The van der Waals surface area contributed by atoms with Gasteiger partial charge in [0, 0.05) is 11.6 Å². The highest BCUT2D eigenvalue weighted by Crippen LogP contribution is 2.40. The van der Waals surface area contributed by atoms with Crippen LogP contribution in [0, 0.1) is 11.8 Å². The quantitative estimate of drug-likeness (QED) is 0.531. The van der Waals surface area contributed by atoms with Crippen LogP contribution in [-0.4, -0.2) is 22.4 Å². The third-order valence-electron chi connectivity index (χ3n) is 4.09. The van der Waals surface area contributed by atoms with E-state index in [0.29, 0.717) is 17.6 Å². The molecule has 4 nitrogen and oxygen atoms in total. The number of hydrogen-bond acceptors (Lipinski definition) is 5. The highest BCUT2D eigenvalue weighted by molar-refractivity contribution is 8.01. The maximum absolute atomic E-state index is 11.9. The van der Waals surface area contributed by atoms with Gasteiger partial charge in [0.15, 0.2) is 4.34 Å². The summed E-state index contributed by atoms with van der Waals surface area (Å²) in [6, 6.07) is 8.01. The average molecular weight is 329 g/mol. The van der Waals surface area contributed by atoms with Gasteiger partial charge in [-0.1, -0.05) is 36.0 Å². The number of rotatable bonds is 4. The van der Waals surface area contributed by atoms with Gasteiger partial charge in [0.1, 0.15) is 0 Å². The smallest absolute Gasteiger partial charge is 0.250 e. The number of amides is 1. The van der Waals surface area contributed by atoms with Gasteiger partial charge in [0.2, 0.25) is 0 Å². The third kappa shape index (κ3) is 2.68. The Labute approximate surface area is 136 Å². The van der Waals surface area contributed by atoms with Crippen LogP contribution in [0.3, 0.4) is 0 Å². The van der Waals surface area contributed by atoms with E-state index in [1.165, 1.54) is 11.8 Å². The summed E-state index contributed by atoms with van der Waals surface area (Å²) in [7, 11) is 0. The Kier molecular flexibility index (Phi) is 3.72. The monoisotopic (exact) mass is 329 g/mol. The van der Waals surface area contributed by atoms with Gasteiger partial charge in [0.05, 0.1) is 16.0 Å². The van der Waals surface area contributed by atoms with Crippen molar-refractivity contribution in [3.8, 4) is 0 Å². The minimum Gasteiger partial charge on any atom is -0.272 e. The molecule has 0 aliphatic heterocycles. The number of aromatic nitrogens is 1. The fourth-order valence-electron chi connectivity index (χ4n) is 2.87. The summed E-state index contributed by atoms with van der Waals surface area (Å²) in [5.74, 6) is 1.49. The molecule has 112 valence electrons. The van der Waals surface area contributed by atoms with Crippen molar-refractivity contribution in [2.45, 2.75) is 17.2 Å². The molecule has 2 aromatic rings. The standard InChI is InChI=1S/C16H15N3OS2/c20-15(19-18-13-8-10-4-3-5-11(10)13)9-21-16-17-12-6-1-2-7-14(12)22-16/h1-4,6-7,10-11H,5,8-9H2,(H,19,20)/b18-13-/t10-,11-/m1/s1. The molecule has 1 amide bonds. The first kappa shape index (κ1) is 14.0. The largest absolute Gasteiger partial charge is 0.272 e. The van der Waals surface area contributed by atoms with Crippen LogP contribution in [0.15, 0.2) is 45.9 Å². The minimum atomic E-state index is -0.0637. The zero-order valence-corrected chi connectivity index (χ0v) is 13.5. The summed E-state index contributed by atoms with van der Waals surface area (Å²) < 4.78 is 2.08. The number of hydrazone groups is 1. The molecular formula is C16H15N3OS2. The van der Waals surface area contributed by atoms with Crippen molar-refractivity contribution in [3.05, 3.63) is 36.4 Å². The predicted octanol–water partition coefficient (Wildman–Crippen LogP) is 3.46. The van der Waals surface area contributed by atoms with Crippen LogP contribution < -0.4 is 5.43 Å². The van der Waals surface area contributed by atoms with Crippen LogP contribution in [0.2, 0.25) is 0 Å². The second kappa shape index (κ2) is 5.85. The third-order valence-corrected chi connectivity index (χ3v) is 6.27. The van der Waals surface area contributed by atoms with Crippen molar-refractivity contribution in [2.24, 2.45) is 16.9 Å². The molecule has 2 aliphatic rings. The van der Waals surface area contributed by atoms with Crippen LogP contribution in [0.1, 0.15) is 12.8 Å². The van der Waals surface area contributed by atoms with Gasteiger partial charge in [-0.3, -0.25) is 4.79 Å². The van der Waals surface area contributed by atoms with Crippen LogP contribution in [0.25, 0.3) is 10.2 Å². The van der Waals surface area contributed by atoms with E-state index in [1.54, 1.807) is 11.3 Å². The molecule has 1 heterocycles. The number of fused-ring (bicyclic) bond motifs is 2. The van der Waals surface area contributed by atoms with E-state index < -0.39 is 0 Å². The molecule has 1 aromatic carbocycles. The summed E-state index contributed by atoms with van der Waals surface area (Å²) in [5, 5.41) is 4.27. The topological polar surface area (TPSA) is 54.4 Å². The van der Waals surface area contributed by atoms with Gasteiger partial charge in [-0.2, -0.15) is 5.10 Å². The first-order valence-corrected chi connectivity index (χ1v) is 9.10. The second-order valence-corrected chi connectivity index (χ2v) is 7.77. The van der Waals surface area contributed by atoms with E-state index in [2.05, 4.69) is 27.7 Å². The molecule has 22 heavy (non-hydrogen) atoms. The number of nitrogens with zero attached hydrogens (tertiary/aromatic N) is 2. The molecule has 4 rings (SSSR count). The number of nitrogens with one attached hydrogen (secondary N) is 1. The van der Waals surface area contributed by atoms with Crippen LogP contribution in [-0.2, 0) is 4.79 Å². The summed E-state index contributed by atoms with van der Waals surface area (Å²) in [4.78, 5) is 16.4. The maximum Gasteiger partial charge on any atom is 0.250 e. The molecule has 0 radical (unpaired) electrons. The Balaban J connectivity index is 1.30. The molecular weight excluding hydrogens is 314 g/mol. The molecule has 0 bridgehead atoms. The van der Waals surface area contributed by atoms with Crippen molar-refractivity contribution in [2.75, 3.05) is 5.75 Å². The zero-order valence-electron chi connectivity index (χ0n) is 11.9. The zero-order chi connectivity index (χ0) is 14.9. The first-order chi connectivity index (χ1) is 10.8. The lowest BCUT2D eigenvalue weighted by Gasteiger charge is -2.31. The maximum atomic E-state index is 11.9. The molecule has 0 spiro atoms. The van der Waals surface area contributed by atoms with Crippen molar-refractivity contribution < 1.29 is 4.79 Å².